The highest BCUT2D eigenvalue weighted by Gasteiger charge is 2.27. The molecule has 3 aromatic rings. The van der Waals surface area contributed by atoms with E-state index in [1.165, 1.54) is 6.08 Å². The van der Waals surface area contributed by atoms with E-state index in [1.54, 1.807) is 16.2 Å². The van der Waals surface area contributed by atoms with Gasteiger partial charge in [-0.25, -0.2) is 4.98 Å². The predicted octanol–water partition coefficient (Wildman–Crippen LogP) is 4.12. The van der Waals surface area contributed by atoms with Crippen molar-refractivity contribution < 1.29 is 9.53 Å². The fraction of sp³-hybridized carbons (Fsp3) is 0.381. The van der Waals surface area contributed by atoms with Gasteiger partial charge in [-0.3, -0.25) is 4.79 Å². The molecule has 152 valence electrons. The summed E-state index contributed by atoms with van der Waals surface area (Å²) in [6.45, 7) is 9.90. The number of hydrogen-bond donors (Lipinski definition) is 1. The van der Waals surface area contributed by atoms with Crippen LogP contribution in [0.5, 0.6) is 5.88 Å². The Kier molecular flexibility index (Phi) is 5.53. The monoisotopic (exact) mass is 411 g/mol. The zero-order chi connectivity index (χ0) is 20.4. The highest BCUT2D eigenvalue weighted by molar-refractivity contribution is 7.15. The van der Waals surface area contributed by atoms with E-state index >= 15 is 0 Å². The molecule has 3 aromatic heterocycles. The fourth-order valence-corrected chi connectivity index (χ4v) is 4.25. The van der Waals surface area contributed by atoms with Gasteiger partial charge in [0, 0.05) is 42.8 Å². The first-order valence-corrected chi connectivity index (χ1v) is 10.7. The molecular weight excluding hydrogens is 386 g/mol. The van der Waals surface area contributed by atoms with Crippen molar-refractivity contribution in [2.45, 2.75) is 39.3 Å². The molecule has 1 aliphatic rings. The number of thiazole rings is 1. The van der Waals surface area contributed by atoms with E-state index in [1.807, 2.05) is 25.3 Å². The minimum absolute atomic E-state index is 0.0575. The highest BCUT2D eigenvalue weighted by atomic mass is 32.1. The van der Waals surface area contributed by atoms with E-state index in [2.05, 4.69) is 34.6 Å². The summed E-state index contributed by atoms with van der Waals surface area (Å²) in [6, 6.07) is 4.09. The molecule has 1 amide bonds. The number of hydrogen-bond acceptors (Lipinski definition) is 6. The number of carbonyl (C=O) groups is 1. The SMILES string of the molecule is C=CC(=O)N1CCC(Oc2nc(Nc3ncc(C)s3)cc3c2ccn3CCC)C1. The summed E-state index contributed by atoms with van der Waals surface area (Å²) < 4.78 is 8.49. The van der Waals surface area contributed by atoms with Crippen LogP contribution in [-0.4, -0.2) is 44.5 Å². The maximum absolute atomic E-state index is 11.9. The number of amides is 1. The largest absolute Gasteiger partial charge is 0.472 e. The molecule has 8 heteroatoms. The number of nitrogens with one attached hydrogen (secondary N) is 1. The van der Waals surface area contributed by atoms with E-state index in [-0.39, 0.29) is 12.0 Å². The van der Waals surface area contributed by atoms with Crippen molar-refractivity contribution in [2.24, 2.45) is 0 Å². The first kappa shape index (κ1) is 19.4. The smallest absolute Gasteiger partial charge is 0.246 e. The lowest BCUT2D eigenvalue weighted by Crippen LogP contribution is -2.29. The van der Waals surface area contributed by atoms with Crippen LogP contribution in [0.25, 0.3) is 10.9 Å². The second-order valence-electron chi connectivity index (χ2n) is 7.17. The van der Waals surface area contributed by atoms with Gasteiger partial charge in [-0.15, -0.1) is 11.3 Å². The van der Waals surface area contributed by atoms with Crippen LogP contribution in [0.2, 0.25) is 0 Å². The first-order chi connectivity index (χ1) is 14.1. The Bertz CT molecular complexity index is 1040. The lowest BCUT2D eigenvalue weighted by atomic mass is 10.3. The lowest BCUT2D eigenvalue weighted by molar-refractivity contribution is -0.125. The quantitative estimate of drug-likeness (QED) is 0.592. The van der Waals surface area contributed by atoms with Gasteiger partial charge < -0.3 is 19.5 Å². The van der Waals surface area contributed by atoms with Gasteiger partial charge in [-0.2, -0.15) is 4.98 Å². The van der Waals surface area contributed by atoms with Gasteiger partial charge in [0.15, 0.2) is 5.13 Å². The molecule has 7 nitrogen and oxygen atoms in total. The Balaban J connectivity index is 1.64. The molecule has 0 aliphatic carbocycles. The predicted molar refractivity (Wildman–Crippen MR) is 116 cm³/mol. The number of rotatable bonds is 7. The zero-order valence-corrected chi connectivity index (χ0v) is 17.5. The van der Waals surface area contributed by atoms with Crippen LogP contribution >= 0.6 is 11.3 Å². The van der Waals surface area contributed by atoms with Gasteiger partial charge >= 0.3 is 0 Å². The maximum Gasteiger partial charge on any atom is 0.246 e. The molecule has 4 rings (SSSR count). The van der Waals surface area contributed by atoms with Crippen molar-refractivity contribution in [3.63, 3.8) is 0 Å². The van der Waals surface area contributed by atoms with Crippen molar-refractivity contribution in [1.29, 1.82) is 0 Å². The normalized spacial score (nSPS) is 16.3. The molecule has 1 saturated heterocycles. The highest BCUT2D eigenvalue weighted by Crippen LogP contribution is 2.32. The number of fused-ring (bicyclic) bond motifs is 1. The molecule has 4 heterocycles. The molecule has 0 spiro atoms. The molecular formula is C21H25N5O2S. The second kappa shape index (κ2) is 8.24. The maximum atomic E-state index is 11.9. The van der Waals surface area contributed by atoms with E-state index in [4.69, 9.17) is 9.72 Å². The summed E-state index contributed by atoms with van der Waals surface area (Å²) >= 11 is 1.59. The number of anilines is 2. The fourth-order valence-electron chi connectivity index (χ4n) is 3.58. The van der Waals surface area contributed by atoms with Crippen molar-refractivity contribution in [3.8, 4) is 5.88 Å². The van der Waals surface area contributed by atoms with Crippen molar-refractivity contribution >= 4 is 39.1 Å². The van der Waals surface area contributed by atoms with E-state index in [0.29, 0.717) is 24.8 Å². The van der Waals surface area contributed by atoms with Gasteiger partial charge in [0.1, 0.15) is 11.9 Å². The zero-order valence-electron chi connectivity index (χ0n) is 16.7. The van der Waals surface area contributed by atoms with Crippen LogP contribution in [0, 0.1) is 6.92 Å². The van der Waals surface area contributed by atoms with Gasteiger partial charge in [0.05, 0.1) is 17.4 Å². The van der Waals surface area contributed by atoms with Gasteiger partial charge in [0.25, 0.3) is 0 Å². The average Bonchev–Trinajstić information content (AvgIpc) is 3.43. The number of ether oxygens (including phenoxy) is 1. The molecule has 1 unspecified atom stereocenters. The average molecular weight is 412 g/mol. The van der Waals surface area contributed by atoms with Gasteiger partial charge in [0.2, 0.25) is 11.8 Å². The minimum atomic E-state index is -0.0820. The molecule has 0 aromatic carbocycles. The van der Waals surface area contributed by atoms with Gasteiger partial charge in [-0.05, 0) is 25.5 Å². The Morgan fingerprint density at radius 3 is 3.10 bits per heavy atom. The Morgan fingerprint density at radius 2 is 2.38 bits per heavy atom. The second-order valence-corrected chi connectivity index (χ2v) is 8.41. The van der Waals surface area contributed by atoms with E-state index < -0.39 is 0 Å². The van der Waals surface area contributed by atoms with Crippen LogP contribution in [-0.2, 0) is 11.3 Å². The molecule has 0 saturated carbocycles. The van der Waals surface area contributed by atoms with E-state index in [9.17, 15) is 4.79 Å². The van der Waals surface area contributed by atoms with Crippen LogP contribution in [0.3, 0.4) is 0 Å². The number of likely N-dealkylation sites (tertiary alicyclic amines) is 1. The standard InChI is InChI=1S/C21H25N5O2S/c1-4-8-25-10-7-16-17(25)11-18(24-21-22-12-14(3)29-21)23-20(16)28-15-6-9-26(13-15)19(27)5-2/h5,7,10-12,15H,2,4,6,8-9,13H2,1,3H3,(H,22,23,24). The molecule has 1 atom stereocenters. The number of aryl methyl sites for hydroxylation is 2. The number of pyridine rings is 1. The third kappa shape index (κ3) is 4.12. The number of nitrogens with zero attached hydrogens (tertiary/aromatic N) is 4. The Morgan fingerprint density at radius 1 is 1.52 bits per heavy atom. The van der Waals surface area contributed by atoms with Crippen molar-refractivity contribution in [1.82, 2.24) is 19.4 Å². The summed E-state index contributed by atoms with van der Waals surface area (Å²) in [4.78, 5) is 23.9. The molecule has 0 radical (unpaired) electrons. The van der Waals surface area contributed by atoms with Crippen LogP contribution < -0.4 is 10.1 Å². The molecule has 29 heavy (non-hydrogen) atoms. The topological polar surface area (TPSA) is 72.3 Å². The Hall–Kier alpha value is -2.87. The third-order valence-electron chi connectivity index (χ3n) is 4.96. The number of carbonyl (C=O) groups excluding carboxylic acids is 1. The summed E-state index contributed by atoms with van der Waals surface area (Å²) in [7, 11) is 0. The van der Waals surface area contributed by atoms with Crippen LogP contribution in [0.4, 0.5) is 10.9 Å². The first-order valence-electron chi connectivity index (χ1n) is 9.84. The third-order valence-corrected chi connectivity index (χ3v) is 5.79. The van der Waals surface area contributed by atoms with Crippen LogP contribution in [0.15, 0.2) is 37.2 Å². The number of aromatic nitrogens is 3. The summed E-state index contributed by atoms with van der Waals surface area (Å²) in [6.07, 6.45) is 7.00. The van der Waals surface area contributed by atoms with E-state index in [0.717, 1.165) is 40.3 Å². The molecule has 1 fully saturated rings. The van der Waals surface area contributed by atoms with Crippen molar-refractivity contribution in [3.05, 3.63) is 42.1 Å². The summed E-state index contributed by atoms with van der Waals surface area (Å²) in [5, 5.41) is 5.09. The summed E-state index contributed by atoms with van der Waals surface area (Å²) in [5.41, 5.74) is 1.07. The minimum Gasteiger partial charge on any atom is -0.472 e. The van der Waals surface area contributed by atoms with Gasteiger partial charge in [-0.1, -0.05) is 13.5 Å². The summed E-state index contributed by atoms with van der Waals surface area (Å²) in [5.74, 6) is 1.24. The van der Waals surface area contributed by atoms with Crippen LogP contribution in [0.1, 0.15) is 24.6 Å². The molecule has 1 aliphatic heterocycles. The Labute approximate surface area is 174 Å². The molecule has 0 bridgehead atoms. The molecule has 1 N–H and O–H groups in total. The van der Waals surface area contributed by atoms with Crippen molar-refractivity contribution in [2.75, 3.05) is 18.4 Å². The lowest BCUT2D eigenvalue weighted by Gasteiger charge is -2.16.